The molecule has 0 atom stereocenters. The zero-order valence-electron chi connectivity index (χ0n) is 9.28. The summed E-state index contributed by atoms with van der Waals surface area (Å²) in [6.07, 6.45) is 9.56. The second-order valence-electron chi connectivity index (χ2n) is 4.40. The summed E-state index contributed by atoms with van der Waals surface area (Å²) in [6, 6.07) is 0. The van der Waals surface area contributed by atoms with Gasteiger partial charge in [-0.25, -0.2) is 4.98 Å². The molecular formula is C12H18N2O. The van der Waals surface area contributed by atoms with E-state index < -0.39 is 0 Å². The zero-order chi connectivity index (χ0) is 10.7. The smallest absolute Gasteiger partial charge is 0.155 e. The Balaban J connectivity index is 1.94. The summed E-state index contributed by atoms with van der Waals surface area (Å²) < 4.78 is 1.94. The van der Waals surface area contributed by atoms with Crippen molar-refractivity contribution < 1.29 is 4.79 Å². The lowest BCUT2D eigenvalue weighted by Gasteiger charge is -2.20. The van der Waals surface area contributed by atoms with E-state index in [1.165, 1.54) is 19.3 Å². The maximum atomic E-state index is 12.0. The van der Waals surface area contributed by atoms with Gasteiger partial charge in [0.25, 0.3) is 0 Å². The van der Waals surface area contributed by atoms with E-state index in [0.29, 0.717) is 18.2 Å². The molecular weight excluding hydrogens is 188 g/mol. The van der Waals surface area contributed by atoms with Gasteiger partial charge in [0, 0.05) is 18.3 Å². The van der Waals surface area contributed by atoms with Gasteiger partial charge in [0.2, 0.25) is 0 Å². The number of hydrogen-bond donors (Lipinski definition) is 0. The Kier molecular flexibility index (Phi) is 3.19. The highest BCUT2D eigenvalue weighted by atomic mass is 16.1. The molecule has 1 aliphatic carbocycles. The van der Waals surface area contributed by atoms with Crippen LogP contribution in [0.15, 0.2) is 12.4 Å². The molecule has 3 heteroatoms. The summed E-state index contributed by atoms with van der Waals surface area (Å²) in [5.41, 5.74) is 0. The number of aryl methyl sites for hydroxylation is 1. The number of nitrogens with zero attached hydrogens (tertiary/aromatic N) is 2. The second-order valence-corrected chi connectivity index (χ2v) is 4.40. The molecule has 15 heavy (non-hydrogen) atoms. The predicted molar refractivity (Wildman–Crippen MR) is 58.5 cm³/mol. The first-order chi connectivity index (χ1) is 7.27. The summed E-state index contributed by atoms with van der Waals surface area (Å²) in [7, 11) is 0. The van der Waals surface area contributed by atoms with Crippen molar-refractivity contribution in [3.63, 3.8) is 0 Å². The lowest BCUT2D eigenvalue weighted by Crippen LogP contribution is -2.22. The zero-order valence-corrected chi connectivity index (χ0v) is 9.28. The van der Waals surface area contributed by atoms with E-state index in [1.54, 1.807) is 6.20 Å². The highest BCUT2D eigenvalue weighted by Gasteiger charge is 2.21. The number of rotatable bonds is 3. The SMILES string of the molecule is Cc1nccn1CC(=O)C1CCCCC1. The minimum Gasteiger partial charge on any atom is -0.328 e. The van der Waals surface area contributed by atoms with E-state index in [1.807, 2.05) is 17.7 Å². The number of hydrogen-bond acceptors (Lipinski definition) is 2. The summed E-state index contributed by atoms with van der Waals surface area (Å²) in [5.74, 6) is 1.62. The Morgan fingerprint density at radius 2 is 2.20 bits per heavy atom. The molecule has 1 aliphatic rings. The molecule has 1 aromatic rings. The van der Waals surface area contributed by atoms with Gasteiger partial charge in [-0.15, -0.1) is 0 Å². The van der Waals surface area contributed by atoms with Crippen molar-refractivity contribution in [2.45, 2.75) is 45.6 Å². The van der Waals surface area contributed by atoms with Crippen molar-refractivity contribution >= 4 is 5.78 Å². The summed E-state index contributed by atoms with van der Waals surface area (Å²) in [4.78, 5) is 16.1. The number of carbonyl (C=O) groups is 1. The van der Waals surface area contributed by atoms with Crippen LogP contribution in [0.3, 0.4) is 0 Å². The molecule has 0 amide bonds. The molecule has 1 heterocycles. The highest BCUT2D eigenvalue weighted by Crippen LogP contribution is 2.24. The van der Waals surface area contributed by atoms with Crippen LogP contribution < -0.4 is 0 Å². The van der Waals surface area contributed by atoms with Crippen molar-refractivity contribution in [1.82, 2.24) is 9.55 Å². The normalized spacial score (nSPS) is 17.9. The van der Waals surface area contributed by atoms with Crippen LogP contribution in [0.2, 0.25) is 0 Å². The van der Waals surface area contributed by atoms with Crippen molar-refractivity contribution in [2.75, 3.05) is 0 Å². The Hall–Kier alpha value is -1.12. The average Bonchev–Trinajstić information content (AvgIpc) is 2.66. The van der Waals surface area contributed by atoms with Crippen LogP contribution in [0, 0.1) is 12.8 Å². The summed E-state index contributed by atoms with van der Waals surface area (Å²) in [6.45, 7) is 2.45. The topological polar surface area (TPSA) is 34.9 Å². The van der Waals surface area contributed by atoms with Crippen LogP contribution in [0.5, 0.6) is 0 Å². The first-order valence-corrected chi connectivity index (χ1v) is 5.78. The van der Waals surface area contributed by atoms with Gasteiger partial charge in [0.1, 0.15) is 5.82 Å². The Morgan fingerprint density at radius 1 is 1.47 bits per heavy atom. The van der Waals surface area contributed by atoms with Gasteiger partial charge < -0.3 is 4.57 Å². The lowest BCUT2D eigenvalue weighted by molar-refractivity contribution is -0.124. The minimum absolute atomic E-state index is 0.306. The summed E-state index contributed by atoms with van der Waals surface area (Å²) >= 11 is 0. The average molecular weight is 206 g/mol. The molecule has 0 spiro atoms. The highest BCUT2D eigenvalue weighted by molar-refractivity contribution is 5.80. The molecule has 0 aromatic carbocycles. The van der Waals surface area contributed by atoms with Gasteiger partial charge in [-0.3, -0.25) is 4.79 Å². The molecule has 82 valence electrons. The van der Waals surface area contributed by atoms with Crippen molar-refractivity contribution in [3.05, 3.63) is 18.2 Å². The van der Waals surface area contributed by atoms with E-state index in [0.717, 1.165) is 18.7 Å². The number of imidazole rings is 1. The van der Waals surface area contributed by atoms with Crippen molar-refractivity contribution in [2.24, 2.45) is 5.92 Å². The van der Waals surface area contributed by atoms with Gasteiger partial charge >= 0.3 is 0 Å². The Morgan fingerprint density at radius 3 is 2.80 bits per heavy atom. The maximum Gasteiger partial charge on any atom is 0.155 e. The fourth-order valence-corrected chi connectivity index (χ4v) is 2.29. The maximum absolute atomic E-state index is 12.0. The van der Waals surface area contributed by atoms with E-state index in [-0.39, 0.29) is 0 Å². The van der Waals surface area contributed by atoms with Crippen LogP contribution in [-0.2, 0) is 11.3 Å². The quantitative estimate of drug-likeness (QED) is 0.760. The van der Waals surface area contributed by atoms with E-state index in [9.17, 15) is 4.79 Å². The van der Waals surface area contributed by atoms with E-state index in [4.69, 9.17) is 0 Å². The van der Waals surface area contributed by atoms with E-state index >= 15 is 0 Å². The predicted octanol–water partition coefficient (Wildman–Crippen LogP) is 2.34. The molecule has 0 bridgehead atoms. The Bertz CT molecular complexity index is 337. The third-order valence-electron chi connectivity index (χ3n) is 3.31. The molecule has 1 saturated carbocycles. The number of aromatic nitrogens is 2. The largest absolute Gasteiger partial charge is 0.328 e. The van der Waals surface area contributed by atoms with Gasteiger partial charge in [-0.05, 0) is 19.8 Å². The number of Topliss-reactive ketones (excluding diaryl/α,β-unsaturated/α-hetero) is 1. The second kappa shape index (κ2) is 4.60. The fraction of sp³-hybridized carbons (Fsp3) is 0.667. The fourth-order valence-electron chi connectivity index (χ4n) is 2.29. The third kappa shape index (κ3) is 2.46. The molecule has 1 fully saturated rings. The summed E-state index contributed by atoms with van der Waals surface area (Å²) in [5, 5.41) is 0. The molecule has 1 aromatic heterocycles. The van der Waals surface area contributed by atoms with Gasteiger partial charge in [-0.2, -0.15) is 0 Å². The van der Waals surface area contributed by atoms with Gasteiger partial charge in [-0.1, -0.05) is 19.3 Å². The minimum atomic E-state index is 0.306. The Labute approximate surface area is 90.5 Å². The molecule has 3 nitrogen and oxygen atoms in total. The number of ketones is 1. The standard InChI is InChI=1S/C12H18N2O/c1-10-13-7-8-14(10)9-12(15)11-5-3-2-4-6-11/h7-8,11H,2-6,9H2,1H3. The van der Waals surface area contributed by atoms with Gasteiger partial charge in [0.15, 0.2) is 5.78 Å². The monoisotopic (exact) mass is 206 g/mol. The molecule has 0 aliphatic heterocycles. The third-order valence-corrected chi connectivity index (χ3v) is 3.31. The van der Waals surface area contributed by atoms with Crippen LogP contribution in [0.1, 0.15) is 37.9 Å². The first-order valence-electron chi connectivity index (χ1n) is 5.78. The number of carbonyl (C=O) groups excluding carboxylic acids is 1. The first kappa shape index (κ1) is 10.4. The molecule has 0 radical (unpaired) electrons. The van der Waals surface area contributed by atoms with Crippen LogP contribution in [-0.4, -0.2) is 15.3 Å². The molecule has 0 unspecified atom stereocenters. The van der Waals surface area contributed by atoms with Gasteiger partial charge in [0.05, 0.1) is 6.54 Å². The van der Waals surface area contributed by atoms with Crippen LogP contribution in [0.4, 0.5) is 0 Å². The van der Waals surface area contributed by atoms with Crippen LogP contribution in [0.25, 0.3) is 0 Å². The molecule has 0 saturated heterocycles. The lowest BCUT2D eigenvalue weighted by atomic mass is 9.86. The van der Waals surface area contributed by atoms with Crippen molar-refractivity contribution in [3.8, 4) is 0 Å². The van der Waals surface area contributed by atoms with Crippen molar-refractivity contribution in [1.29, 1.82) is 0 Å². The van der Waals surface area contributed by atoms with E-state index in [2.05, 4.69) is 4.98 Å². The molecule has 2 rings (SSSR count). The van der Waals surface area contributed by atoms with Crippen LogP contribution >= 0.6 is 0 Å². The molecule has 0 N–H and O–H groups in total.